The van der Waals surface area contributed by atoms with Gasteiger partial charge in [0.2, 0.25) is 0 Å². The van der Waals surface area contributed by atoms with Crippen LogP contribution in [0.25, 0.3) is 0 Å². The van der Waals surface area contributed by atoms with Gasteiger partial charge in [-0.2, -0.15) is 0 Å². The average molecular weight is 244 g/mol. The number of nitrogens with one attached hydrogen (secondary N) is 1. The van der Waals surface area contributed by atoms with Crippen molar-refractivity contribution in [1.82, 2.24) is 5.32 Å². The summed E-state index contributed by atoms with van der Waals surface area (Å²) in [6.07, 6.45) is 0. The Morgan fingerprint density at radius 2 is 2.19 bits per heavy atom. The summed E-state index contributed by atoms with van der Waals surface area (Å²) in [5, 5.41) is 21.3. The molecule has 0 aliphatic carbocycles. The highest BCUT2D eigenvalue weighted by Crippen LogP contribution is 2.21. The van der Waals surface area contributed by atoms with Crippen LogP contribution in [0.15, 0.2) is 18.2 Å². The maximum absolute atomic E-state index is 11.6. The normalized spacial score (nSPS) is 12.1. The van der Waals surface area contributed by atoms with Gasteiger partial charge in [0.1, 0.15) is 11.5 Å². The van der Waals surface area contributed by atoms with Gasteiger partial charge in [0.15, 0.2) is 0 Å². The lowest BCUT2D eigenvalue weighted by molar-refractivity contribution is 0.0946. The van der Waals surface area contributed by atoms with Gasteiger partial charge in [-0.3, -0.25) is 4.79 Å². The van der Waals surface area contributed by atoms with E-state index < -0.39 is 5.91 Å². The Hall–Kier alpha value is -1.42. The summed E-state index contributed by atoms with van der Waals surface area (Å²) in [6, 6.07) is 3.80. The van der Waals surface area contributed by atoms with Crippen LogP contribution < -0.4 is 5.32 Å². The first-order valence-electron chi connectivity index (χ1n) is 4.90. The first-order valence-corrected chi connectivity index (χ1v) is 5.44. The van der Waals surface area contributed by atoms with E-state index in [0.717, 1.165) is 0 Å². The molecule has 0 aliphatic rings. The molecule has 0 saturated heterocycles. The van der Waals surface area contributed by atoms with Crippen LogP contribution >= 0.6 is 11.6 Å². The molecule has 88 valence electrons. The zero-order valence-corrected chi connectivity index (χ0v) is 9.66. The van der Waals surface area contributed by atoms with E-state index in [2.05, 4.69) is 5.32 Å². The second kappa shape index (κ2) is 5.61. The second-order valence-electron chi connectivity index (χ2n) is 3.67. The summed E-state index contributed by atoms with van der Waals surface area (Å²) in [7, 11) is 0. The molecule has 1 aromatic carbocycles. The van der Waals surface area contributed by atoms with Gasteiger partial charge in [-0.1, -0.05) is 6.92 Å². The van der Waals surface area contributed by atoms with Gasteiger partial charge in [0.05, 0.1) is 5.56 Å². The molecule has 16 heavy (non-hydrogen) atoms. The monoisotopic (exact) mass is 243 g/mol. The average Bonchev–Trinajstić information content (AvgIpc) is 2.28. The lowest BCUT2D eigenvalue weighted by Crippen LogP contribution is -2.28. The Labute approximate surface area is 98.9 Å². The number of carbonyl (C=O) groups is 1. The van der Waals surface area contributed by atoms with Crippen molar-refractivity contribution >= 4 is 17.5 Å². The lowest BCUT2D eigenvalue weighted by atomic mass is 10.1. The van der Waals surface area contributed by atoms with Crippen LogP contribution in [0.2, 0.25) is 0 Å². The van der Waals surface area contributed by atoms with E-state index in [9.17, 15) is 15.0 Å². The fourth-order valence-corrected chi connectivity index (χ4v) is 1.23. The standard InChI is InChI=1S/C11H14ClNO3/c1-7(5-12)6-13-11(16)9-4-8(14)2-3-10(9)15/h2-4,7,14-15H,5-6H2,1H3,(H,13,16). The molecule has 3 N–H and O–H groups in total. The summed E-state index contributed by atoms with van der Waals surface area (Å²) in [4.78, 5) is 11.6. The van der Waals surface area contributed by atoms with Crippen LogP contribution in [0.5, 0.6) is 11.5 Å². The Morgan fingerprint density at radius 3 is 2.81 bits per heavy atom. The number of carbonyl (C=O) groups excluding carboxylic acids is 1. The number of rotatable bonds is 4. The minimum absolute atomic E-state index is 0.0572. The Kier molecular flexibility index (Phi) is 4.43. The van der Waals surface area contributed by atoms with Crippen LogP contribution in [0, 0.1) is 5.92 Å². The van der Waals surface area contributed by atoms with Gasteiger partial charge >= 0.3 is 0 Å². The maximum atomic E-state index is 11.6. The van der Waals surface area contributed by atoms with Crippen molar-refractivity contribution in [2.24, 2.45) is 5.92 Å². The number of aromatic hydroxyl groups is 2. The number of hydrogen-bond donors (Lipinski definition) is 3. The third-order valence-electron chi connectivity index (χ3n) is 2.10. The molecule has 1 unspecified atom stereocenters. The Bertz CT molecular complexity index is 381. The van der Waals surface area contributed by atoms with Crippen LogP contribution in [-0.4, -0.2) is 28.5 Å². The van der Waals surface area contributed by atoms with Gasteiger partial charge in [-0.05, 0) is 24.1 Å². The van der Waals surface area contributed by atoms with Gasteiger partial charge < -0.3 is 15.5 Å². The summed E-state index contributed by atoms with van der Waals surface area (Å²) in [5.41, 5.74) is 0.0572. The molecular formula is C11H14ClNO3. The molecule has 0 aliphatic heterocycles. The lowest BCUT2D eigenvalue weighted by Gasteiger charge is -2.10. The number of hydrogen-bond acceptors (Lipinski definition) is 3. The van der Waals surface area contributed by atoms with E-state index in [-0.39, 0.29) is 23.0 Å². The van der Waals surface area contributed by atoms with Crippen LogP contribution in [0.4, 0.5) is 0 Å². The third-order valence-corrected chi connectivity index (χ3v) is 2.63. The molecule has 0 spiro atoms. The summed E-state index contributed by atoms with van der Waals surface area (Å²) >= 11 is 5.60. The number of amides is 1. The molecule has 0 bridgehead atoms. The van der Waals surface area contributed by atoms with Crippen LogP contribution in [0.1, 0.15) is 17.3 Å². The molecule has 0 saturated carbocycles. The molecule has 0 aromatic heterocycles. The first-order chi connectivity index (χ1) is 7.54. The second-order valence-corrected chi connectivity index (χ2v) is 3.98. The molecule has 0 heterocycles. The molecule has 5 heteroatoms. The molecule has 1 atom stereocenters. The largest absolute Gasteiger partial charge is 0.508 e. The van der Waals surface area contributed by atoms with E-state index in [1.165, 1.54) is 18.2 Å². The van der Waals surface area contributed by atoms with Crippen molar-refractivity contribution < 1.29 is 15.0 Å². The molecule has 0 radical (unpaired) electrons. The summed E-state index contributed by atoms with van der Waals surface area (Å²) in [5.74, 6) is -0.0376. The maximum Gasteiger partial charge on any atom is 0.255 e. The van der Waals surface area contributed by atoms with Crippen molar-refractivity contribution in [3.8, 4) is 11.5 Å². The van der Waals surface area contributed by atoms with Crippen molar-refractivity contribution in [3.63, 3.8) is 0 Å². The zero-order chi connectivity index (χ0) is 12.1. The van der Waals surface area contributed by atoms with E-state index in [1.54, 1.807) is 0 Å². The van der Waals surface area contributed by atoms with Gasteiger partial charge in [-0.25, -0.2) is 0 Å². The minimum atomic E-state index is -0.426. The Balaban J connectivity index is 2.69. The number of benzene rings is 1. The molecule has 1 aromatic rings. The number of alkyl halides is 1. The van der Waals surface area contributed by atoms with Crippen molar-refractivity contribution in [2.45, 2.75) is 6.92 Å². The smallest absolute Gasteiger partial charge is 0.255 e. The molecule has 4 nitrogen and oxygen atoms in total. The Morgan fingerprint density at radius 1 is 1.50 bits per heavy atom. The quantitative estimate of drug-likeness (QED) is 0.557. The fraction of sp³-hybridized carbons (Fsp3) is 0.364. The van der Waals surface area contributed by atoms with E-state index in [0.29, 0.717) is 12.4 Å². The number of phenolic OH excluding ortho intramolecular Hbond substituents is 2. The highest BCUT2D eigenvalue weighted by atomic mass is 35.5. The predicted molar refractivity (Wildman–Crippen MR) is 62.0 cm³/mol. The van der Waals surface area contributed by atoms with Gasteiger partial charge in [0.25, 0.3) is 5.91 Å². The molecular weight excluding hydrogens is 230 g/mol. The highest BCUT2D eigenvalue weighted by Gasteiger charge is 2.12. The van der Waals surface area contributed by atoms with Crippen molar-refractivity contribution in [2.75, 3.05) is 12.4 Å². The zero-order valence-electron chi connectivity index (χ0n) is 8.90. The SMILES string of the molecule is CC(CCl)CNC(=O)c1cc(O)ccc1O. The third kappa shape index (κ3) is 3.31. The van der Waals surface area contributed by atoms with E-state index >= 15 is 0 Å². The number of phenols is 2. The topological polar surface area (TPSA) is 69.6 Å². The summed E-state index contributed by atoms with van der Waals surface area (Å²) < 4.78 is 0. The fourth-order valence-electron chi connectivity index (χ4n) is 1.12. The first kappa shape index (κ1) is 12.6. The predicted octanol–water partition coefficient (Wildman–Crippen LogP) is 1.70. The van der Waals surface area contributed by atoms with E-state index in [1.807, 2.05) is 6.92 Å². The van der Waals surface area contributed by atoms with E-state index in [4.69, 9.17) is 11.6 Å². The molecule has 0 fully saturated rings. The minimum Gasteiger partial charge on any atom is -0.508 e. The van der Waals surface area contributed by atoms with Gasteiger partial charge in [-0.15, -0.1) is 11.6 Å². The van der Waals surface area contributed by atoms with Gasteiger partial charge in [0, 0.05) is 12.4 Å². The molecule has 1 rings (SSSR count). The molecule has 1 amide bonds. The van der Waals surface area contributed by atoms with Crippen molar-refractivity contribution in [3.05, 3.63) is 23.8 Å². The number of halogens is 1. The van der Waals surface area contributed by atoms with Crippen molar-refractivity contribution in [1.29, 1.82) is 0 Å². The summed E-state index contributed by atoms with van der Waals surface area (Å²) in [6.45, 7) is 2.33. The van der Waals surface area contributed by atoms with Crippen LogP contribution in [0.3, 0.4) is 0 Å². The van der Waals surface area contributed by atoms with Crippen LogP contribution in [-0.2, 0) is 0 Å². The highest BCUT2D eigenvalue weighted by molar-refractivity contribution is 6.18.